The lowest BCUT2D eigenvalue weighted by Gasteiger charge is -2.01. The molecule has 1 N–H and O–H groups in total. The molecule has 0 amide bonds. The van der Waals surface area contributed by atoms with Crippen LogP contribution in [0.1, 0.15) is 5.69 Å². The number of hydrogen-bond acceptors (Lipinski definition) is 3. The summed E-state index contributed by atoms with van der Waals surface area (Å²) >= 11 is 0. The van der Waals surface area contributed by atoms with Gasteiger partial charge in [-0.1, -0.05) is 6.07 Å². The topological polar surface area (TPSA) is 54.5 Å². The minimum absolute atomic E-state index is 0.740. The Balaban J connectivity index is 1.90. The number of pyridine rings is 2. The van der Waals surface area contributed by atoms with Crippen molar-refractivity contribution in [3.8, 4) is 11.4 Å². The van der Waals surface area contributed by atoms with Crippen LogP contribution in [0.15, 0.2) is 48.7 Å². The Morgan fingerprint density at radius 2 is 1.95 bits per heavy atom. The maximum absolute atomic E-state index is 4.52. The first-order valence-corrected chi connectivity index (χ1v) is 6.48. The van der Waals surface area contributed by atoms with Gasteiger partial charge in [0.25, 0.3) is 0 Å². The predicted molar refractivity (Wildman–Crippen MR) is 79.4 cm³/mol. The summed E-state index contributed by atoms with van der Waals surface area (Å²) in [5.41, 5.74) is 4.76. The van der Waals surface area contributed by atoms with E-state index in [1.807, 2.05) is 37.3 Å². The lowest BCUT2D eigenvalue weighted by molar-refractivity contribution is 1.25. The zero-order valence-corrected chi connectivity index (χ0v) is 11.0. The first kappa shape index (κ1) is 11.1. The third-order valence-corrected chi connectivity index (χ3v) is 3.36. The van der Waals surface area contributed by atoms with Crippen LogP contribution in [-0.2, 0) is 0 Å². The van der Waals surface area contributed by atoms with Gasteiger partial charge in [-0.2, -0.15) is 0 Å². The van der Waals surface area contributed by atoms with Gasteiger partial charge in [0.1, 0.15) is 5.82 Å². The van der Waals surface area contributed by atoms with E-state index in [0.29, 0.717) is 0 Å². The zero-order chi connectivity index (χ0) is 13.5. The predicted octanol–water partition coefficient (Wildman–Crippen LogP) is 3.48. The number of aryl methyl sites for hydroxylation is 1. The molecule has 4 aromatic rings. The molecule has 4 nitrogen and oxygen atoms in total. The molecule has 3 aromatic heterocycles. The maximum atomic E-state index is 4.52. The Kier molecular flexibility index (Phi) is 2.29. The normalized spacial score (nSPS) is 11.2. The third-order valence-electron chi connectivity index (χ3n) is 3.36. The molecule has 0 atom stereocenters. The van der Waals surface area contributed by atoms with E-state index in [-0.39, 0.29) is 0 Å². The van der Waals surface area contributed by atoms with Crippen LogP contribution in [0.5, 0.6) is 0 Å². The van der Waals surface area contributed by atoms with Gasteiger partial charge in [-0.05, 0) is 43.3 Å². The second-order valence-electron chi connectivity index (χ2n) is 4.82. The van der Waals surface area contributed by atoms with Crippen LogP contribution in [0.2, 0.25) is 0 Å². The molecule has 0 aliphatic carbocycles. The summed E-state index contributed by atoms with van der Waals surface area (Å²) in [4.78, 5) is 16.6. The van der Waals surface area contributed by atoms with Crippen LogP contribution < -0.4 is 0 Å². The van der Waals surface area contributed by atoms with Gasteiger partial charge in [-0.15, -0.1) is 0 Å². The van der Waals surface area contributed by atoms with E-state index >= 15 is 0 Å². The highest BCUT2D eigenvalue weighted by Gasteiger charge is 2.06. The van der Waals surface area contributed by atoms with Crippen molar-refractivity contribution in [3.05, 3.63) is 54.4 Å². The summed E-state index contributed by atoms with van der Waals surface area (Å²) in [5.74, 6) is 0.834. The van der Waals surface area contributed by atoms with Crippen molar-refractivity contribution in [2.45, 2.75) is 6.92 Å². The van der Waals surface area contributed by atoms with E-state index in [1.165, 1.54) is 0 Å². The fourth-order valence-electron chi connectivity index (χ4n) is 2.36. The molecule has 0 aliphatic heterocycles. The highest BCUT2D eigenvalue weighted by atomic mass is 15.0. The lowest BCUT2D eigenvalue weighted by Crippen LogP contribution is -1.85. The molecular weight excluding hydrogens is 248 g/mol. The fourth-order valence-corrected chi connectivity index (χ4v) is 2.36. The van der Waals surface area contributed by atoms with Crippen LogP contribution in [0, 0.1) is 6.92 Å². The largest absolute Gasteiger partial charge is 0.337 e. The van der Waals surface area contributed by atoms with E-state index < -0.39 is 0 Å². The second-order valence-corrected chi connectivity index (χ2v) is 4.82. The molecule has 0 unspecified atom stereocenters. The first-order chi connectivity index (χ1) is 9.79. The van der Waals surface area contributed by atoms with Gasteiger partial charge < -0.3 is 4.98 Å². The molecule has 0 radical (unpaired) electrons. The van der Waals surface area contributed by atoms with Gasteiger partial charge in [0, 0.05) is 22.8 Å². The average Bonchev–Trinajstić information content (AvgIpc) is 2.90. The third kappa shape index (κ3) is 1.73. The molecule has 96 valence electrons. The van der Waals surface area contributed by atoms with E-state index in [2.05, 4.69) is 32.1 Å². The molecule has 0 aliphatic rings. The average molecular weight is 260 g/mol. The molecule has 1 aromatic carbocycles. The standard InChI is InChI=1S/C16H12N4/c1-10-4-5-11-9-12(6-7-13(11)18-10)15-19-14-3-2-8-17-16(14)20-15/h2-9H,1H3,(H,17,19,20). The molecule has 20 heavy (non-hydrogen) atoms. The van der Waals surface area contributed by atoms with Gasteiger partial charge in [0.05, 0.1) is 11.0 Å². The number of aromatic amines is 1. The van der Waals surface area contributed by atoms with E-state index in [4.69, 9.17) is 0 Å². The summed E-state index contributed by atoms with van der Waals surface area (Å²) in [6.07, 6.45) is 1.75. The minimum atomic E-state index is 0.740. The molecular formula is C16H12N4. The maximum Gasteiger partial charge on any atom is 0.178 e. The van der Waals surface area contributed by atoms with Gasteiger partial charge in [0.2, 0.25) is 0 Å². The van der Waals surface area contributed by atoms with Crippen molar-refractivity contribution in [2.75, 3.05) is 0 Å². The molecule has 4 heteroatoms. The summed E-state index contributed by atoms with van der Waals surface area (Å²) in [6, 6.07) is 14.1. The Morgan fingerprint density at radius 3 is 2.85 bits per heavy atom. The van der Waals surface area contributed by atoms with Crippen LogP contribution in [-0.4, -0.2) is 19.9 Å². The van der Waals surface area contributed by atoms with Crippen molar-refractivity contribution in [1.82, 2.24) is 19.9 Å². The van der Waals surface area contributed by atoms with E-state index in [9.17, 15) is 0 Å². The quantitative estimate of drug-likeness (QED) is 0.570. The Morgan fingerprint density at radius 1 is 1.00 bits per heavy atom. The van der Waals surface area contributed by atoms with E-state index in [1.54, 1.807) is 6.20 Å². The fraction of sp³-hybridized carbons (Fsp3) is 0.0625. The molecule has 0 bridgehead atoms. The number of H-pyrrole nitrogens is 1. The number of benzene rings is 1. The summed E-state index contributed by atoms with van der Waals surface area (Å²) < 4.78 is 0. The van der Waals surface area contributed by atoms with Gasteiger partial charge in [-0.3, -0.25) is 4.98 Å². The molecule has 0 fully saturated rings. The van der Waals surface area contributed by atoms with Gasteiger partial charge in [-0.25, -0.2) is 9.97 Å². The van der Waals surface area contributed by atoms with Crippen LogP contribution in [0.4, 0.5) is 0 Å². The second kappa shape index (κ2) is 4.13. The summed E-state index contributed by atoms with van der Waals surface area (Å²) in [6.45, 7) is 2.00. The first-order valence-electron chi connectivity index (χ1n) is 6.48. The monoisotopic (exact) mass is 260 g/mol. The van der Waals surface area contributed by atoms with Crippen molar-refractivity contribution >= 4 is 22.1 Å². The lowest BCUT2D eigenvalue weighted by atomic mass is 10.1. The molecule has 0 saturated carbocycles. The molecule has 0 spiro atoms. The highest BCUT2D eigenvalue weighted by molar-refractivity contribution is 5.85. The van der Waals surface area contributed by atoms with Crippen molar-refractivity contribution < 1.29 is 0 Å². The number of hydrogen-bond donors (Lipinski definition) is 1. The number of fused-ring (bicyclic) bond motifs is 2. The van der Waals surface area contributed by atoms with Gasteiger partial charge >= 0.3 is 0 Å². The smallest absolute Gasteiger partial charge is 0.178 e. The van der Waals surface area contributed by atoms with Crippen molar-refractivity contribution in [1.29, 1.82) is 0 Å². The van der Waals surface area contributed by atoms with Crippen LogP contribution in [0.25, 0.3) is 33.5 Å². The Hall–Kier alpha value is -2.75. The molecule has 0 saturated heterocycles. The number of nitrogens with zero attached hydrogens (tertiary/aromatic N) is 3. The molecule has 4 rings (SSSR count). The summed E-state index contributed by atoms with van der Waals surface area (Å²) in [7, 11) is 0. The molecule has 3 heterocycles. The number of aromatic nitrogens is 4. The van der Waals surface area contributed by atoms with Gasteiger partial charge in [0.15, 0.2) is 5.65 Å². The number of rotatable bonds is 1. The van der Waals surface area contributed by atoms with Crippen molar-refractivity contribution in [2.24, 2.45) is 0 Å². The Bertz CT molecular complexity index is 891. The summed E-state index contributed by atoms with van der Waals surface area (Å²) in [5, 5.41) is 1.11. The van der Waals surface area contributed by atoms with Crippen molar-refractivity contribution in [3.63, 3.8) is 0 Å². The van der Waals surface area contributed by atoms with E-state index in [0.717, 1.165) is 39.1 Å². The Labute approximate surface area is 115 Å². The number of imidazole rings is 1. The van der Waals surface area contributed by atoms with Crippen LogP contribution >= 0.6 is 0 Å². The zero-order valence-electron chi connectivity index (χ0n) is 11.0. The van der Waals surface area contributed by atoms with Crippen LogP contribution in [0.3, 0.4) is 0 Å². The highest BCUT2D eigenvalue weighted by Crippen LogP contribution is 2.23. The number of nitrogens with one attached hydrogen (secondary N) is 1. The minimum Gasteiger partial charge on any atom is -0.337 e. The SMILES string of the molecule is Cc1ccc2cc(-c3nc4ncccc4[nH]3)ccc2n1.